The second-order valence-corrected chi connectivity index (χ2v) is 7.21. The lowest BCUT2D eigenvalue weighted by Gasteiger charge is -2.39. The molecular formula is C20H30N2O2. The molecule has 1 aromatic rings. The van der Waals surface area contributed by atoms with E-state index in [-0.39, 0.29) is 11.4 Å². The fourth-order valence-electron chi connectivity index (χ4n) is 3.63. The van der Waals surface area contributed by atoms with Crippen LogP contribution in [0.2, 0.25) is 0 Å². The average molecular weight is 330 g/mol. The first-order chi connectivity index (χ1) is 11.5. The van der Waals surface area contributed by atoms with Gasteiger partial charge in [-0.15, -0.1) is 0 Å². The Hall–Kier alpha value is -1.81. The fraction of sp³-hybridized carbons (Fsp3) is 0.550. The maximum atomic E-state index is 11.8. The van der Waals surface area contributed by atoms with Crippen molar-refractivity contribution in [3.05, 3.63) is 47.7 Å². The Kier molecular flexibility index (Phi) is 6.85. The lowest BCUT2D eigenvalue weighted by molar-refractivity contribution is -0.142. The molecule has 0 bridgehead atoms. The van der Waals surface area contributed by atoms with Crippen molar-refractivity contribution < 1.29 is 9.53 Å². The lowest BCUT2D eigenvalue weighted by atomic mass is 9.74. The van der Waals surface area contributed by atoms with Gasteiger partial charge in [0.1, 0.15) is 0 Å². The number of esters is 1. The second kappa shape index (κ2) is 8.88. The Morgan fingerprint density at radius 3 is 2.54 bits per heavy atom. The Morgan fingerprint density at radius 2 is 1.92 bits per heavy atom. The Labute approximate surface area is 145 Å². The molecule has 4 heteroatoms. The van der Waals surface area contributed by atoms with Gasteiger partial charge in [-0.1, -0.05) is 49.6 Å². The molecule has 0 aromatic heterocycles. The third kappa shape index (κ3) is 6.00. The SMILES string of the molecule is C/C(N)=C/C(=O)OCC1(CN(C)Cc2ccccc2)CCCCC1. The van der Waals surface area contributed by atoms with Crippen LogP contribution in [0.15, 0.2) is 42.1 Å². The van der Waals surface area contributed by atoms with E-state index in [0.29, 0.717) is 12.3 Å². The standard InChI is InChI=1S/C20H30N2O2/c1-17(21)13-19(23)24-16-20(11-7-4-8-12-20)15-22(2)14-18-9-5-3-6-10-18/h3,5-6,9-10,13H,4,7-8,11-12,14-16,21H2,1-2H3/b17-13-. The van der Waals surface area contributed by atoms with E-state index in [0.717, 1.165) is 25.9 Å². The molecule has 1 aromatic carbocycles. The topological polar surface area (TPSA) is 55.6 Å². The highest BCUT2D eigenvalue weighted by molar-refractivity contribution is 5.82. The van der Waals surface area contributed by atoms with Crippen LogP contribution in [0.5, 0.6) is 0 Å². The van der Waals surface area contributed by atoms with Crippen LogP contribution in [0, 0.1) is 5.41 Å². The van der Waals surface area contributed by atoms with Gasteiger partial charge in [0.15, 0.2) is 0 Å². The molecule has 0 atom stereocenters. The van der Waals surface area contributed by atoms with Crippen LogP contribution in [0.3, 0.4) is 0 Å². The van der Waals surface area contributed by atoms with Gasteiger partial charge in [-0.2, -0.15) is 0 Å². The van der Waals surface area contributed by atoms with Crippen molar-refractivity contribution in [2.75, 3.05) is 20.2 Å². The third-order valence-corrected chi connectivity index (χ3v) is 4.68. The van der Waals surface area contributed by atoms with Crippen LogP contribution in [0.25, 0.3) is 0 Å². The van der Waals surface area contributed by atoms with Crippen molar-refractivity contribution in [3.63, 3.8) is 0 Å². The van der Waals surface area contributed by atoms with Crippen LogP contribution in [-0.2, 0) is 16.1 Å². The van der Waals surface area contributed by atoms with Gasteiger partial charge in [-0.25, -0.2) is 4.79 Å². The predicted octanol–water partition coefficient (Wildman–Crippen LogP) is 3.47. The van der Waals surface area contributed by atoms with Gasteiger partial charge in [0, 0.05) is 30.3 Å². The molecule has 132 valence electrons. The highest BCUT2D eigenvalue weighted by Gasteiger charge is 2.34. The van der Waals surface area contributed by atoms with E-state index in [9.17, 15) is 4.79 Å². The summed E-state index contributed by atoms with van der Waals surface area (Å²) in [5.41, 5.74) is 7.41. The maximum Gasteiger partial charge on any atom is 0.332 e. The summed E-state index contributed by atoms with van der Waals surface area (Å²) in [6.45, 7) is 4.04. The molecule has 2 rings (SSSR count). The summed E-state index contributed by atoms with van der Waals surface area (Å²) < 4.78 is 5.52. The minimum Gasteiger partial charge on any atom is -0.462 e. The molecule has 1 saturated carbocycles. The molecule has 2 N–H and O–H groups in total. The summed E-state index contributed by atoms with van der Waals surface area (Å²) >= 11 is 0. The van der Waals surface area contributed by atoms with Crippen LogP contribution in [0.4, 0.5) is 0 Å². The first-order valence-corrected chi connectivity index (χ1v) is 8.82. The van der Waals surface area contributed by atoms with Crippen molar-refractivity contribution in [2.45, 2.75) is 45.6 Å². The van der Waals surface area contributed by atoms with Gasteiger partial charge in [-0.3, -0.25) is 0 Å². The van der Waals surface area contributed by atoms with Gasteiger partial charge < -0.3 is 15.4 Å². The highest BCUT2D eigenvalue weighted by Crippen LogP contribution is 2.37. The smallest absolute Gasteiger partial charge is 0.332 e. The molecule has 1 aliphatic carbocycles. The van der Waals surface area contributed by atoms with Crippen LogP contribution < -0.4 is 5.73 Å². The van der Waals surface area contributed by atoms with E-state index in [2.05, 4.69) is 36.2 Å². The summed E-state index contributed by atoms with van der Waals surface area (Å²) in [6.07, 6.45) is 7.30. The minimum absolute atomic E-state index is 0.0633. The van der Waals surface area contributed by atoms with Crippen molar-refractivity contribution in [3.8, 4) is 0 Å². The van der Waals surface area contributed by atoms with E-state index in [1.165, 1.54) is 30.9 Å². The maximum absolute atomic E-state index is 11.8. The molecule has 1 aliphatic rings. The lowest BCUT2D eigenvalue weighted by Crippen LogP contribution is -2.41. The van der Waals surface area contributed by atoms with Crippen LogP contribution >= 0.6 is 0 Å². The number of hydrogen-bond donors (Lipinski definition) is 1. The van der Waals surface area contributed by atoms with Crippen molar-refractivity contribution in [2.24, 2.45) is 11.1 Å². The number of rotatable bonds is 7. The number of nitrogens with zero attached hydrogens (tertiary/aromatic N) is 1. The Bertz CT molecular complexity index is 544. The molecule has 0 heterocycles. The normalized spacial score (nSPS) is 17.7. The number of carbonyl (C=O) groups is 1. The first-order valence-electron chi connectivity index (χ1n) is 8.82. The van der Waals surface area contributed by atoms with Gasteiger partial charge in [0.25, 0.3) is 0 Å². The van der Waals surface area contributed by atoms with Crippen LogP contribution in [-0.4, -0.2) is 31.1 Å². The Balaban J connectivity index is 1.96. The molecule has 0 amide bonds. The number of ether oxygens (including phenoxy) is 1. The van der Waals surface area contributed by atoms with Gasteiger partial charge in [0.05, 0.1) is 6.61 Å². The van der Waals surface area contributed by atoms with Gasteiger partial charge in [-0.05, 0) is 32.4 Å². The zero-order chi connectivity index (χ0) is 17.4. The Morgan fingerprint density at radius 1 is 1.25 bits per heavy atom. The fourth-order valence-corrected chi connectivity index (χ4v) is 3.63. The molecular weight excluding hydrogens is 300 g/mol. The van der Waals surface area contributed by atoms with Crippen LogP contribution in [0.1, 0.15) is 44.6 Å². The summed E-state index contributed by atoms with van der Waals surface area (Å²) in [5, 5.41) is 0. The quantitative estimate of drug-likeness (QED) is 0.614. The number of allylic oxidation sites excluding steroid dienone is 1. The van der Waals surface area contributed by atoms with E-state index in [4.69, 9.17) is 10.5 Å². The van der Waals surface area contributed by atoms with Gasteiger partial charge >= 0.3 is 5.97 Å². The third-order valence-electron chi connectivity index (χ3n) is 4.68. The van der Waals surface area contributed by atoms with E-state index in [1.54, 1.807) is 6.92 Å². The zero-order valence-electron chi connectivity index (χ0n) is 15.0. The zero-order valence-corrected chi connectivity index (χ0v) is 15.0. The molecule has 4 nitrogen and oxygen atoms in total. The minimum atomic E-state index is -0.328. The molecule has 1 fully saturated rings. The molecule has 0 aliphatic heterocycles. The summed E-state index contributed by atoms with van der Waals surface area (Å²) in [5.74, 6) is -0.328. The summed E-state index contributed by atoms with van der Waals surface area (Å²) in [7, 11) is 2.15. The summed E-state index contributed by atoms with van der Waals surface area (Å²) in [4.78, 5) is 14.2. The second-order valence-electron chi connectivity index (χ2n) is 7.21. The van der Waals surface area contributed by atoms with E-state index >= 15 is 0 Å². The number of benzene rings is 1. The molecule has 24 heavy (non-hydrogen) atoms. The van der Waals surface area contributed by atoms with E-state index in [1.807, 2.05) is 6.07 Å². The summed E-state index contributed by atoms with van der Waals surface area (Å²) in [6, 6.07) is 10.5. The average Bonchev–Trinajstić information content (AvgIpc) is 2.54. The molecule has 0 radical (unpaired) electrons. The predicted molar refractivity (Wildman–Crippen MR) is 97.2 cm³/mol. The number of nitrogens with two attached hydrogens (primary N) is 1. The van der Waals surface area contributed by atoms with Gasteiger partial charge in [0.2, 0.25) is 0 Å². The highest BCUT2D eigenvalue weighted by atomic mass is 16.5. The molecule has 0 saturated heterocycles. The largest absolute Gasteiger partial charge is 0.462 e. The molecule has 0 spiro atoms. The molecule has 0 unspecified atom stereocenters. The van der Waals surface area contributed by atoms with Crippen molar-refractivity contribution in [1.82, 2.24) is 4.90 Å². The van der Waals surface area contributed by atoms with E-state index < -0.39 is 0 Å². The first kappa shape index (κ1) is 18.5. The number of carbonyl (C=O) groups excluding carboxylic acids is 1. The van der Waals surface area contributed by atoms with Crippen molar-refractivity contribution >= 4 is 5.97 Å². The van der Waals surface area contributed by atoms with Crippen molar-refractivity contribution in [1.29, 1.82) is 0 Å². The monoisotopic (exact) mass is 330 g/mol. The number of hydrogen-bond acceptors (Lipinski definition) is 4.